The molecule has 164 valence electrons. The minimum absolute atomic E-state index is 0.193. The summed E-state index contributed by atoms with van der Waals surface area (Å²) in [4.78, 5) is 14.0. The zero-order chi connectivity index (χ0) is 21.2. The molecule has 2 heterocycles. The molecular weight excluding hydrogens is 395 g/mol. The van der Waals surface area contributed by atoms with Crippen LogP contribution in [-0.2, 0) is 0 Å². The van der Waals surface area contributed by atoms with Crippen molar-refractivity contribution in [3.63, 3.8) is 0 Å². The molecule has 3 N–H and O–H groups in total. The van der Waals surface area contributed by atoms with E-state index in [0.717, 1.165) is 44.2 Å². The van der Waals surface area contributed by atoms with Crippen LogP contribution in [0.5, 0.6) is 0 Å². The third-order valence-corrected chi connectivity index (χ3v) is 6.52. The lowest BCUT2D eigenvalue weighted by atomic mass is 9.93. The van der Waals surface area contributed by atoms with Crippen molar-refractivity contribution in [3.05, 3.63) is 36.3 Å². The number of para-hydroxylation sites is 1. The van der Waals surface area contributed by atoms with Gasteiger partial charge >= 0.3 is 0 Å². The number of aromatic nitrogens is 4. The van der Waals surface area contributed by atoms with E-state index < -0.39 is 0 Å². The van der Waals surface area contributed by atoms with Crippen LogP contribution in [0.1, 0.15) is 63.8 Å². The van der Waals surface area contributed by atoms with Crippen molar-refractivity contribution >= 4 is 28.7 Å². The smallest absolute Gasteiger partial charge is 0.224 e. The summed E-state index contributed by atoms with van der Waals surface area (Å²) < 4.78 is 16.4. The number of aliphatic hydroxyl groups is 1. The number of aliphatic hydroxyl groups excluding tert-OH is 1. The normalized spacial score (nSPS) is 22.5. The molecule has 0 saturated heterocycles. The lowest BCUT2D eigenvalue weighted by molar-refractivity contribution is 0.126. The summed E-state index contributed by atoms with van der Waals surface area (Å²) in [6, 6.07) is 7.19. The zero-order valence-corrected chi connectivity index (χ0v) is 17.6. The second-order valence-electron chi connectivity index (χ2n) is 8.75. The third kappa shape index (κ3) is 4.35. The maximum absolute atomic E-state index is 14.3. The predicted octanol–water partition coefficient (Wildman–Crippen LogP) is 4.93. The van der Waals surface area contributed by atoms with Crippen molar-refractivity contribution in [1.82, 2.24) is 19.5 Å². The molecule has 31 heavy (non-hydrogen) atoms. The molecule has 3 aromatic rings. The number of hydrogen-bond acceptors (Lipinski definition) is 6. The van der Waals surface area contributed by atoms with Gasteiger partial charge in [-0.3, -0.25) is 4.57 Å². The number of fused-ring (bicyclic) bond motifs is 1. The Morgan fingerprint density at radius 1 is 0.968 bits per heavy atom. The quantitative estimate of drug-likeness (QED) is 0.538. The zero-order valence-electron chi connectivity index (χ0n) is 17.6. The number of benzene rings is 1. The number of nitrogens with zero attached hydrogens (tertiary/aromatic N) is 4. The number of anilines is 3. The maximum Gasteiger partial charge on any atom is 0.224 e. The van der Waals surface area contributed by atoms with Crippen LogP contribution >= 0.6 is 0 Å². The van der Waals surface area contributed by atoms with Gasteiger partial charge < -0.3 is 15.7 Å². The number of imidazole rings is 1. The number of rotatable bonds is 5. The summed E-state index contributed by atoms with van der Waals surface area (Å²) in [7, 11) is 0. The van der Waals surface area contributed by atoms with Gasteiger partial charge in [-0.05, 0) is 50.7 Å². The molecule has 8 heteroatoms. The highest BCUT2D eigenvalue weighted by Crippen LogP contribution is 2.35. The van der Waals surface area contributed by atoms with Crippen LogP contribution in [0.3, 0.4) is 0 Å². The fraction of sp³-hybridized carbons (Fsp3) is 0.522. The molecule has 2 aliphatic carbocycles. The van der Waals surface area contributed by atoms with Crippen molar-refractivity contribution in [2.75, 3.05) is 10.6 Å². The molecule has 0 radical (unpaired) electrons. The van der Waals surface area contributed by atoms with Crippen LogP contribution < -0.4 is 10.6 Å². The molecular formula is C23H29FN6O. The van der Waals surface area contributed by atoms with E-state index in [1.165, 1.54) is 25.3 Å². The SMILES string of the molecule is O[C@H]1CC[C@H](Nc2ncc3nc(Nc4ccccc4F)n(C4CCCCC4)c3n2)CC1. The fourth-order valence-electron chi connectivity index (χ4n) is 4.82. The Hall–Kier alpha value is -2.74. The topological polar surface area (TPSA) is 87.9 Å². The Labute approximate surface area is 181 Å². The first-order valence-electron chi connectivity index (χ1n) is 11.4. The van der Waals surface area contributed by atoms with Gasteiger partial charge in [0.05, 0.1) is 18.0 Å². The van der Waals surface area contributed by atoms with Gasteiger partial charge in [0.1, 0.15) is 11.3 Å². The van der Waals surface area contributed by atoms with E-state index in [1.54, 1.807) is 18.3 Å². The summed E-state index contributed by atoms with van der Waals surface area (Å²) in [6.07, 6.45) is 10.7. The molecule has 2 aromatic heterocycles. The molecule has 0 unspecified atom stereocenters. The van der Waals surface area contributed by atoms with Gasteiger partial charge in [0, 0.05) is 12.1 Å². The Kier molecular flexibility index (Phi) is 5.72. The first-order chi connectivity index (χ1) is 15.2. The van der Waals surface area contributed by atoms with Crippen LogP contribution in [0.4, 0.5) is 22.0 Å². The highest BCUT2D eigenvalue weighted by Gasteiger charge is 2.25. The maximum atomic E-state index is 14.3. The van der Waals surface area contributed by atoms with E-state index in [9.17, 15) is 9.50 Å². The first kappa shape index (κ1) is 20.2. The van der Waals surface area contributed by atoms with Gasteiger partial charge in [-0.25, -0.2) is 14.4 Å². The molecule has 2 saturated carbocycles. The molecule has 0 atom stereocenters. The van der Waals surface area contributed by atoms with Crippen molar-refractivity contribution < 1.29 is 9.50 Å². The highest BCUT2D eigenvalue weighted by molar-refractivity contribution is 5.76. The van der Waals surface area contributed by atoms with Gasteiger partial charge in [0.15, 0.2) is 5.65 Å². The first-order valence-corrected chi connectivity index (χ1v) is 11.4. The van der Waals surface area contributed by atoms with Crippen molar-refractivity contribution in [1.29, 1.82) is 0 Å². The average Bonchev–Trinajstić information content (AvgIpc) is 3.15. The summed E-state index contributed by atoms with van der Waals surface area (Å²) in [5.74, 6) is 0.889. The molecule has 5 rings (SSSR count). The van der Waals surface area contributed by atoms with E-state index in [4.69, 9.17) is 9.97 Å². The number of nitrogens with one attached hydrogen (secondary N) is 2. The van der Waals surface area contributed by atoms with E-state index in [0.29, 0.717) is 23.1 Å². The van der Waals surface area contributed by atoms with Crippen molar-refractivity contribution in [2.45, 2.75) is 76.0 Å². The third-order valence-electron chi connectivity index (χ3n) is 6.52. The van der Waals surface area contributed by atoms with Gasteiger partial charge in [-0.2, -0.15) is 4.98 Å². The van der Waals surface area contributed by atoms with Crippen LogP contribution in [0, 0.1) is 5.82 Å². The molecule has 0 spiro atoms. The summed E-state index contributed by atoms with van der Waals surface area (Å²) >= 11 is 0. The second kappa shape index (κ2) is 8.78. The predicted molar refractivity (Wildman–Crippen MR) is 119 cm³/mol. The van der Waals surface area contributed by atoms with Gasteiger partial charge in [0.2, 0.25) is 11.9 Å². The Morgan fingerprint density at radius 3 is 2.52 bits per heavy atom. The monoisotopic (exact) mass is 424 g/mol. The molecule has 2 aliphatic rings. The summed E-state index contributed by atoms with van der Waals surface area (Å²) in [5.41, 5.74) is 1.88. The molecule has 1 aromatic carbocycles. The van der Waals surface area contributed by atoms with E-state index in [1.807, 2.05) is 6.07 Å². The van der Waals surface area contributed by atoms with Crippen LogP contribution in [0.25, 0.3) is 11.2 Å². The van der Waals surface area contributed by atoms with E-state index in [-0.39, 0.29) is 24.0 Å². The Bertz CT molecular complexity index is 1040. The molecule has 2 fully saturated rings. The summed E-state index contributed by atoms with van der Waals surface area (Å²) in [6.45, 7) is 0. The Balaban J connectivity index is 1.49. The fourth-order valence-corrected chi connectivity index (χ4v) is 4.82. The highest BCUT2D eigenvalue weighted by atomic mass is 19.1. The van der Waals surface area contributed by atoms with Crippen molar-refractivity contribution in [3.8, 4) is 0 Å². The standard InChI is InChI=1S/C23H29FN6O/c24-18-8-4-5-9-19(18)27-23-28-20-14-25-22(26-15-10-12-17(31)13-11-15)29-21(20)30(23)16-6-2-1-3-7-16/h4-5,8-9,14-17,31H,1-3,6-7,10-13H2,(H,27,28)(H,25,26,29)/t15-,17-. The lowest BCUT2D eigenvalue weighted by Crippen LogP contribution is -2.29. The van der Waals surface area contributed by atoms with Crippen LogP contribution in [-0.4, -0.2) is 36.8 Å². The minimum atomic E-state index is -0.308. The average molecular weight is 425 g/mol. The van der Waals surface area contributed by atoms with Gasteiger partial charge in [-0.15, -0.1) is 0 Å². The molecule has 7 nitrogen and oxygen atoms in total. The second-order valence-corrected chi connectivity index (χ2v) is 8.75. The van der Waals surface area contributed by atoms with Crippen LogP contribution in [0.15, 0.2) is 30.5 Å². The number of hydrogen-bond donors (Lipinski definition) is 3. The molecule has 0 amide bonds. The van der Waals surface area contributed by atoms with E-state index >= 15 is 0 Å². The van der Waals surface area contributed by atoms with Crippen molar-refractivity contribution in [2.24, 2.45) is 0 Å². The number of halogens is 1. The van der Waals surface area contributed by atoms with E-state index in [2.05, 4.69) is 20.2 Å². The van der Waals surface area contributed by atoms with Gasteiger partial charge in [0.25, 0.3) is 0 Å². The lowest BCUT2D eigenvalue weighted by Gasteiger charge is -2.26. The van der Waals surface area contributed by atoms with Crippen LogP contribution in [0.2, 0.25) is 0 Å². The van der Waals surface area contributed by atoms with Gasteiger partial charge in [-0.1, -0.05) is 31.4 Å². The molecule has 0 aliphatic heterocycles. The Morgan fingerprint density at radius 2 is 1.74 bits per heavy atom. The minimum Gasteiger partial charge on any atom is -0.393 e. The largest absolute Gasteiger partial charge is 0.393 e. The molecule has 0 bridgehead atoms. The summed E-state index contributed by atoms with van der Waals surface area (Å²) in [5, 5.41) is 16.4.